The summed E-state index contributed by atoms with van der Waals surface area (Å²) in [5, 5.41) is -0.353. The molecule has 2 N–H and O–H groups in total. The van der Waals surface area contributed by atoms with E-state index in [1.54, 1.807) is 14.2 Å². The summed E-state index contributed by atoms with van der Waals surface area (Å²) in [6, 6.07) is 11.5. The lowest BCUT2D eigenvalue weighted by Gasteiger charge is -2.52. The molecule has 2 atom stereocenters. The Morgan fingerprint density at radius 2 is 1.96 bits per heavy atom. The Labute approximate surface area is 172 Å². The fourth-order valence-electron chi connectivity index (χ4n) is 4.91. The molecule has 0 bridgehead atoms. The molecule has 1 aromatic carbocycles. The maximum absolute atomic E-state index is 6.29. The molecule has 2 unspecified atom stereocenters. The summed E-state index contributed by atoms with van der Waals surface area (Å²) in [5.74, 6) is 0.391. The minimum absolute atomic E-state index is 0.353. The molecule has 2 rings (SSSR count). The lowest BCUT2D eigenvalue weighted by molar-refractivity contribution is -0.0578. The van der Waals surface area contributed by atoms with Crippen LogP contribution < -0.4 is 5.73 Å². The van der Waals surface area contributed by atoms with E-state index in [0.717, 1.165) is 51.2 Å². The number of methoxy groups -OCH3 is 1. The predicted octanol–water partition coefficient (Wildman–Crippen LogP) is 3.83. The van der Waals surface area contributed by atoms with E-state index in [0.29, 0.717) is 12.5 Å². The minimum atomic E-state index is -2.49. The summed E-state index contributed by atoms with van der Waals surface area (Å²) in [4.78, 5) is 2.29. The topological polar surface area (TPSA) is 57.0 Å². The minimum Gasteiger partial charge on any atom is -0.396 e. The van der Waals surface area contributed by atoms with E-state index in [1.807, 2.05) is 19.4 Å². The Kier molecular flexibility index (Phi) is 9.17. The Balaban J connectivity index is 2.16. The van der Waals surface area contributed by atoms with Gasteiger partial charge >= 0.3 is 8.56 Å². The molecule has 1 aliphatic heterocycles. The SMILES string of the molecule is C=CN(CCC1CCC[Si](OC)(OC)C1(CCCN)OC)Cc1ccccc1. The van der Waals surface area contributed by atoms with Crippen LogP contribution in [0.25, 0.3) is 0 Å². The van der Waals surface area contributed by atoms with E-state index in [2.05, 4.69) is 35.7 Å². The first-order chi connectivity index (χ1) is 13.6. The van der Waals surface area contributed by atoms with Gasteiger partial charge in [-0.15, -0.1) is 0 Å². The average molecular weight is 407 g/mol. The summed E-state index contributed by atoms with van der Waals surface area (Å²) in [6.45, 7) is 6.49. The van der Waals surface area contributed by atoms with Crippen LogP contribution in [0.4, 0.5) is 0 Å². The number of rotatable bonds is 12. The molecule has 6 heteroatoms. The lowest BCUT2D eigenvalue weighted by Crippen LogP contribution is -2.68. The van der Waals surface area contributed by atoms with Crippen molar-refractivity contribution in [1.29, 1.82) is 0 Å². The fourth-order valence-corrected chi connectivity index (χ4v) is 9.04. The second-order valence-electron chi connectivity index (χ2n) is 7.66. The van der Waals surface area contributed by atoms with Gasteiger partial charge in [-0.3, -0.25) is 0 Å². The van der Waals surface area contributed by atoms with E-state index in [4.69, 9.17) is 19.3 Å². The Morgan fingerprint density at radius 3 is 2.54 bits per heavy atom. The van der Waals surface area contributed by atoms with Gasteiger partial charge in [-0.25, -0.2) is 0 Å². The van der Waals surface area contributed by atoms with Crippen LogP contribution >= 0.6 is 0 Å². The molecule has 0 aromatic heterocycles. The molecule has 0 aliphatic carbocycles. The molecule has 5 nitrogen and oxygen atoms in total. The highest BCUT2D eigenvalue weighted by Crippen LogP contribution is 2.47. The fraction of sp³-hybridized carbons (Fsp3) is 0.636. The van der Waals surface area contributed by atoms with Crippen LogP contribution in [0.5, 0.6) is 0 Å². The van der Waals surface area contributed by atoms with Crippen LogP contribution in [0.3, 0.4) is 0 Å². The molecule has 1 aromatic rings. The van der Waals surface area contributed by atoms with Crippen molar-refractivity contribution in [1.82, 2.24) is 4.90 Å². The lowest BCUT2D eigenvalue weighted by atomic mass is 9.88. The van der Waals surface area contributed by atoms with Crippen molar-refractivity contribution in [3.05, 3.63) is 48.7 Å². The van der Waals surface area contributed by atoms with Crippen molar-refractivity contribution in [2.24, 2.45) is 11.7 Å². The highest BCUT2D eigenvalue weighted by molar-refractivity contribution is 6.70. The predicted molar refractivity (Wildman–Crippen MR) is 117 cm³/mol. The first kappa shape index (κ1) is 23.1. The second-order valence-corrected chi connectivity index (χ2v) is 11.3. The monoisotopic (exact) mass is 406 g/mol. The van der Waals surface area contributed by atoms with Crippen molar-refractivity contribution < 1.29 is 13.6 Å². The summed E-state index contributed by atoms with van der Waals surface area (Å²) in [7, 11) is 2.92. The van der Waals surface area contributed by atoms with Gasteiger partial charge in [0.25, 0.3) is 0 Å². The van der Waals surface area contributed by atoms with E-state index in [9.17, 15) is 0 Å². The first-order valence-corrected chi connectivity index (χ1v) is 12.4. The highest BCUT2D eigenvalue weighted by Gasteiger charge is 2.62. The van der Waals surface area contributed by atoms with Crippen LogP contribution in [-0.2, 0) is 20.1 Å². The smallest absolute Gasteiger partial charge is 0.371 e. The first-order valence-electron chi connectivity index (χ1n) is 10.4. The van der Waals surface area contributed by atoms with Crippen molar-refractivity contribution in [2.45, 2.75) is 49.9 Å². The van der Waals surface area contributed by atoms with Crippen LogP contribution in [0.1, 0.15) is 37.7 Å². The third-order valence-electron chi connectivity index (χ3n) is 6.39. The zero-order valence-electron chi connectivity index (χ0n) is 17.9. The molecule has 158 valence electrons. The number of benzene rings is 1. The van der Waals surface area contributed by atoms with Gasteiger partial charge in [0.2, 0.25) is 0 Å². The number of hydrogen-bond acceptors (Lipinski definition) is 5. The summed E-state index contributed by atoms with van der Waals surface area (Å²) in [6.07, 6.45) is 7.04. The average Bonchev–Trinajstić information content (AvgIpc) is 2.75. The summed E-state index contributed by atoms with van der Waals surface area (Å²) < 4.78 is 18.5. The van der Waals surface area contributed by atoms with Gasteiger partial charge in [0.1, 0.15) is 5.22 Å². The molecule has 0 spiro atoms. The molecular formula is C22H38N2O3Si. The normalized spacial score (nSPS) is 24.1. The third kappa shape index (κ3) is 4.86. The zero-order valence-corrected chi connectivity index (χ0v) is 18.9. The van der Waals surface area contributed by atoms with Gasteiger partial charge in [0.05, 0.1) is 0 Å². The molecule has 0 radical (unpaired) electrons. The third-order valence-corrected chi connectivity index (χ3v) is 10.9. The zero-order chi connectivity index (χ0) is 20.5. The molecule has 28 heavy (non-hydrogen) atoms. The van der Waals surface area contributed by atoms with Crippen LogP contribution in [-0.4, -0.2) is 53.1 Å². The van der Waals surface area contributed by atoms with Gasteiger partial charge in [0.15, 0.2) is 0 Å². The van der Waals surface area contributed by atoms with E-state index < -0.39 is 8.56 Å². The van der Waals surface area contributed by atoms with E-state index in [-0.39, 0.29) is 5.22 Å². The highest BCUT2D eigenvalue weighted by atomic mass is 28.4. The molecule has 1 saturated heterocycles. The van der Waals surface area contributed by atoms with Crippen molar-refractivity contribution in [2.75, 3.05) is 34.4 Å². The van der Waals surface area contributed by atoms with Crippen molar-refractivity contribution in [3.8, 4) is 0 Å². The van der Waals surface area contributed by atoms with Gasteiger partial charge in [-0.2, -0.15) is 0 Å². The Morgan fingerprint density at radius 1 is 1.25 bits per heavy atom. The van der Waals surface area contributed by atoms with E-state index in [1.165, 1.54) is 5.56 Å². The molecule has 0 amide bonds. The van der Waals surface area contributed by atoms with Crippen LogP contribution in [0.2, 0.25) is 6.04 Å². The maximum Gasteiger partial charge on any atom is 0.371 e. The quantitative estimate of drug-likeness (QED) is 0.535. The van der Waals surface area contributed by atoms with Crippen LogP contribution in [0.15, 0.2) is 43.1 Å². The number of hydrogen-bond donors (Lipinski definition) is 1. The van der Waals surface area contributed by atoms with Gasteiger partial charge in [-0.05, 0) is 56.0 Å². The molecule has 0 saturated carbocycles. The van der Waals surface area contributed by atoms with Crippen LogP contribution in [0, 0.1) is 5.92 Å². The number of nitrogens with two attached hydrogens (primary N) is 1. The summed E-state index contributed by atoms with van der Waals surface area (Å²) in [5.41, 5.74) is 7.16. The molecule has 1 heterocycles. The summed E-state index contributed by atoms with van der Waals surface area (Å²) >= 11 is 0. The number of ether oxygens (including phenoxy) is 1. The van der Waals surface area contributed by atoms with Crippen molar-refractivity contribution >= 4 is 8.56 Å². The Hall–Kier alpha value is -1.18. The van der Waals surface area contributed by atoms with Gasteiger partial charge < -0.3 is 24.2 Å². The van der Waals surface area contributed by atoms with E-state index >= 15 is 0 Å². The molecular weight excluding hydrogens is 368 g/mol. The van der Waals surface area contributed by atoms with Gasteiger partial charge in [-0.1, -0.05) is 43.3 Å². The standard InChI is InChI=1S/C22H38N2O3Si/c1-5-24(19-20-11-7-6-8-12-20)17-14-21-13-9-18-28(26-3,27-4)22(21,25-2)15-10-16-23/h5-8,11-12,21H,1,9-10,13-19,23H2,2-4H3. The second kappa shape index (κ2) is 11.1. The molecule has 1 aliphatic rings. The molecule has 1 fully saturated rings. The maximum atomic E-state index is 6.29. The van der Waals surface area contributed by atoms with Crippen molar-refractivity contribution in [3.63, 3.8) is 0 Å². The van der Waals surface area contributed by atoms with Gasteiger partial charge in [0, 0.05) is 34.4 Å². The largest absolute Gasteiger partial charge is 0.396 e. The number of nitrogens with zero attached hydrogens (tertiary/aromatic N) is 1. The Bertz CT molecular complexity index is 582.